The summed E-state index contributed by atoms with van der Waals surface area (Å²) in [5, 5.41) is 11.1. The van der Waals surface area contributed by atoms with Crippen LogP contribution < -0.4 is 4.90 Å². The fourth-order valence-electron chi connectivity index (χ4n) is 1.91. The molecule has 0 atom stereocenters. The molecule has 0 aliphatic carbocycles. The molecule has 0 spiro atoms. The Hall–Kier alpha value is -1.63. The quantitative estimate of drug-likeness (QED) is 0.836. The first-order valence-corrected chi connectivity index (χ1v) is 6.55. The maximum atomic E-state index is 10.8. The van der Waals surface area contributed by atoms with Crippen molar-refractivity contribution in [1.82, 2.24) is 4.98 Å². The van der Waals surface area contributed by atoms with E-state index in [9.17, 15) is 9.59 Å². The SMILES string of the molecule is CC(=O)OC1CCN(c2nc(C(=O)O)cs2)CC1. The summed E-state index contributed by atoms with van der Waals surface area (Å²) in [4.78, 5) is 27.7. The number of esters is 1. The van der Waals surface area contributed by atoms with Crippen molar-refractivity contribution in [2.45, 2.75) is 25.9 Å². The second-order valence-electron chi connectivity index (χ2n) is 4.12. The molecule has 0 amide bonds. The second kappa shape index (κ2) is 5.34. The Morgan fingerprint density at radius 1 is 1.50 bits per heavy atom. The first kappa shape index (κ1) is 12.8. The Morgan fingerprint density at radius 3 is 2.67 bits per heavy atom. The molecule has 1 aliphatic rings. The molecule has 98 valence electrons. The zero-order valence-electron chi connectivity index (χ0n) is 9.96. The van der Waals surface area contributed by atoms with Crippen LogP contribution in [0, 0.1) is 0 Å². The lowest BCUT2D eigenvalue weighted by Crippen LogP contribution is -2.37. The van der Waals surface area contributed by atoms with Gasteiger partial charge in [-0.25, -0.2) is 9.78 Å². The lowest BCUT2D eigenvalue weighted by molar-refractivity contribution is -0.147. The number of piperidine rings is 1. The third-order valence-corrected chi connectivity index (χ3v) is 3.66. The van der Waals surface area contributed by atoms with Crippen LogP contribution in [-0.2, 0) is 9.53 Å². The van der Waals surface area contributed by atoms with Crippen molar-refractivity contribution in [3.05, 3.63) is 11.1 Å². The molecule has 1 aromatic rings. The van der Waals surface area contributed by atoms with Crippen LogP contribution in [0.5, 0.6) is 0 Å². The zero-order chi connectivity index (χ0) is 13.1. The molecule has 7 heteroatoms. The van der Waals surface area contributed by atoms with Crippen LogP contribution in [0.2, 0.25) is 0 Å². The van der Waals surface area contributed by atoms with E-state index in [-0.39, 0.29) is 17.8 Å². The Bertz CT molecular complexity index is 452. The van der Waals surface area contributed by atoms with Gasteiger partial charge < -0.3 is 14.7 Å². The monoisotopic (exact) mass is 270 g/mol. The van der Waals surface area contributed by atoms with E-state index in [1.807, 2.05) is 4.90 Å². The van der Waals surface area contributed by atoms with E-state index in [2.05, 4.69) is 4.98 Å². The highest BCUT2D eigenvalue weighted by atomic mass is 32.1. The van der Waals surface area contributed by atoms with Crippen LogP contribution in [0.25, 0.3) is 0 Å². The zero-order valence-corrected chi connectivity index (χ0v) is 10.8. The third kappa shape index (κ3) is 2.98. The minimum Gasteiger partial charge on any atom is -0.476 e. The summed E-state index contributed by atoms with van der Waals surface area (Å²) in [6.07, 6.45) is 1.47. The number of anilines is 1. The molecule has 1 saturated heterocycles. The molecule has 0 bridgehead atoms. The highest BCUT2D eigenvalue weighted by Crippen LogP contribution is 2.25. The number of thiazole rings is 1. The van der Waals surface area contributed by atoms with Gasteiger partial charge >= 0.3 is 11.9 Å². The standard InChI is InChI=1S/C11H14N2O4S/c1-7(14)17-8-2-4-13(5-3-8)11-12-9(6-18-11)10(15)16/h6,8H,2-5H2,1H3,(H,15,16). The van der Waals surface area contributed by atoms with Crippen molar-refractivity contribution in [3.63, 3.8) is 0 Å². The van der Waals surface area contributed by atoms with E-state index in [0.717, 1.165) is 25.9 Å². The minimum absolute atomic E-state index is 0.0299. The van der Waals surface area contributed by atoms with Gasteiger partial charge in [0.05, 0.1) is 0 Å². The molecule has 0 radical (unpaired) electrons. The molecule has 1 aliphatic heterocycles. The normalized spacial score (nSPS) is 16.6. The summed E-state index contributed by atoms with van der Waals surface area (Å²) in [5.41, 5.74) is 0.0807. The predicted octanol–water partition coefficient (Wildman–Crippen LogP) is 1.37. The number of carbonyl (C=O) groups is 2. The number of rotatable bonds is 3. The van der Waals surface area contributed by atoms with Crippen LogP contribution in [0.15, 0.2) is 5.38 Å². The van der Waals surface area contributed by atoms with Crippen LogP contribution in [0.1, 0.15) is 30.3 Å². The van der Waals surface area contributed by atoms with E-state index in [1.54, 1.807) is 0 Å². The molecule has 2 rings (SSSR count). The van der Waals surface area contributed by atoms with Gasteiger partial charge in [0.15, 0.2) is 10.8 Å². The fourth-order valence-corrected chi connectivity index (χ4v) is 2.76. The van der Waals surface area contributed by atoms with Gasteiger partial charge in [0.1, 0.15) is 6.10 Å². The van der Waals surface area contributed by atoms with Gasteiger partial charge in [-0.15, -0.1) is 11.3 Å². The van der Waals surface area contributed by atoms with Crippen molar-refractivity contribution in [2.75, 3.05) is 18.0 Å². The minimum atomic E-state index is -1.01. The van der Waals surface area contributed by atoms with Crippen LogP contribution in [0.4, 0.5) is 5.13 Å². The molecule has 0 unspecified atom stereocenters. The number of carboxylic acid groups (broad SMARTS) is 1. The first-order valence-electron chi connectivity index (χ1n) is 5.67. The summed E-state index contributed by atoms with van der Waals surface area (Å²) in [7, 11) is 0. The number of carbonyl (C=O) groups excluding carboxylic acids is 1. The average Bonchev–Trinajstić information content (AvgIpc) is 2.78. The Labute approximate surface area is 108 Å². The maximum Gasteiger partial charge on any atom is 0.355 e. The smallest absolute Gasteiger partial charge is 0.355 e. The van der Waals surface area contributed by atoms with E-state index in [4.69, 9.17) is 9.84 Å². The molecule has 0 saturated carbocycles. The van der Waals surface area contributed by atoms with Gasteiger partial charge in [-0.3, -0.25) is 4.79 Å². The predicted molar refractivity (Wildman–Crippen MR) is 66.1 cm³/mol. The van der Waals surface area contributed by atoms with Crippen molar-refractivity contribution in [2.24, 2.45) is 0 Å². The number of aromatic nitrogens is 1. The van der Waals surface area contributed by atoms with Gasteiger partial charge in [0, 0.05) is 38.2 Å². The first-order chi connectivity index (χ1) is 8.56. The average molecular weight is 270 g/mol. The Morgan fingerprint density at radius 2 is 2.17 bits per heavy atom. The van der Waals surface area contributed by atoms with Gasteiger partial charge in [0.2, 0.25) is 0 Å². The lowest BCUT2D eigenvalue weighted by Gasteiger charge is -2.31. The molecular formula is C11H14N2O4S. The Balaban J connectivity index is 1.92. The van der Waals surface area contributed by atoms with E-state index in [0.29, 0.717) is 5.13 Å². The number of nitrogens with zero attached hydrogens (tertiary/aromatic N) is 2. The van der Waals surface area contributed by atoms with Crippen molar-refractivity contribution in [3.8, 4) is 0 Å². The van der Waals surface area contributed by atoms with Crippen molar-refractivity contribution >= 4 is 28.4 Å². The van der Waals surface area contributed by atoms with Crippen LogP contribution >= 0.6 is 11.3 Å². The number of carboxylic acids is 1. The molecule has 1 fully saturated rings. The summed E-state index contributed by atoms with van der Waals surface area (Å²) in [5.74, 6) is -1.26. The molecule has 18 heavy (non-hydrogen) atoms. The van der Waals surface area contributed by atoms with E-state index < -0.39 is 5.97 Å². The lowest BCUT2D eigenvalue weighted by atomic mass is 10.1. The van der Waals surface area contributed by atoms with Crippen LogP contribution in [0.3, 0.4) is 0 Å². The molecule has 2 heterocycles. The van der Waals surface area contributed by atoms with Crippen LogP contribution in [-0.4, -0.2) is 41.2 Å². The van der Waals surface area contributed by atoms with Gasteiger partial charge in [0.25, 0.3) is 0 Å². The molecular weight excluding hydrogens is 256 g/mol. The summed E-state index contributed by atoms with van der Waals surface area (Å²) >= 11 is 1.33. The fraction of sp³-hybridized carbons (Fsp3) is 0.545. The number of hydrogen-bond acceptors (Lipinski definition) is 6. The number of ether oxygens (including phenoxy) is 1. The highest BCUT2D eigenvalue weighted by molar-refractivity contribution is 7.13. The van der Waals surface area contributed by atoms with Crippen molar-refractivity contribution < 1.29 is 19.4 Å². The van der Waals surface area contributed by atoms with Crippen molar-refractivity contribution in [1.29, 1.82) is 0 Å². The number of hydrogen-bond donors (Lipinski definition) is 1. The van der Waals surface area contributed by atoms with E-state index >= 15 is 0 Å². The molecule has 1 N–H and O–H groups in total. The van der Waals surface area contributed by atoms with E-state index in [1.165, 1.54) is 23.6 Å². The molecule has 1 aromatic heterocycles. The Kier molecular flexibility index (Phi) is 3.81. The summed E-state index contributed by atoms with van der Waals surface area (Å²) < 4.78 is 5.14. The van der Waals surface area contributed by atoms with Gasteiger partial charge in [-0.05, 0) is 0 Å². The maximum absolute atomic E-state index is 10.8. The summed E-state index contributed by atoms with van der Waals surface area (Å²) in [6.45, 7) is 2.86. The largest absolute Gasteiger partial charge is 0.476 e. The van der Waals surface area contributed by atoms with Gasteiger partial charge in [-0.2, -0.15) is 0 Å². The second-order valence-corrected chi connectivity index (χ2v) is 4.95. The highest BCUT2D eigenvalue weighted by Gasteiger charge is 2.23. The number of aromatic carboxylic acids is 1. The topological polar surface area (TPSA) is 79.7 Å². The molecule has 6 nitrogen and oxygen atoms in total. The molecule has 0 aromatic carbocycles. The third-order valence-electron chi connectivity index (χ3n) is 2.76. The van der Waals surface area contributed by atoms with Gasteiger partial charge in [-0.1, -0.05) is 0 Å². The summed E-state index contributed by atoms with van der Waals surface area (Å²) in [6, 6.07) is 0.